The summed E-state index contributed by atoms with van der Waals surface area (Å²) in [5, 5.41) is 18.5. The maximum Gasteiger partial charge on any atom is 0.137 e. The van der Waals surface area contributed by atoms with Crippen LogP contribution in [0.4, 0.5) is 5.69 Å². The molecule has 3 heteroatoms. The highest BCUT2D eigenvalue weighted by atomic mass is 15.1. The first-order valence-corrected chi connectivity index (χ1v) is 7.21. The van der Waals surface area contributed by atoms with Gasteiger partial charge in [0, 0.05) is 25.4 Å². The predicted octanol–water partition coefficient (Wildman–Crippen LogP) is 4.27. The van der Waals surface area contributed by atoms with Crippen LogP contribution in [0.1, 0.15) is 11.1 Å². The van der Waals surface area contributed by atoms with Gasteiger partial charge in [-0.25, -0.2) is 0 Å². The lowest BCUT2D eigenvalue weighted by molar-refractivity contribution is 1.13. The first-order chi connectivity index (χ1) is 11.2. The third-order valence-corrected chi connectivity index (χ3v) is 3.43. The van der Waals surface area contributed by atoms with Crippen LogP contribution in [0.5, 0.6) is 0 Å². The maximum absolute atomic E-state index is 9.23. The quantitative estimate of drug-likeness (QED) is 0.626. The van der Waals surface area contributed by atoms with Crippen LogP contribution in [0.15, 0.2) is 66.2 Å². The van der Waals surface area contributed by atoms with Crippen molar-refractivity contribution < 1.29 is 0 Å². The molecule has 0 aromatic heterocycles. The van der Waals surface area contributed by atoms with E-state index >= 15 is 0 Å². The molecule has 0 aliphatic carbocycles. The number of allylic oxidation sites excluding steroid dienone is 3. The van der Waals surface area contributed by atoms with Crippen molar-refractivity contribution in [1.29, 1.82) is 10.5 Å². The average molecular weight is 299 g/mol. The second-order valence-corrected chi connectivity index (χ2v) is 5.20. The number of hydrogen-bond donors (Lipinski definition) is 0. The van der Waals surface area contributed by atoms with E-state index in [-0.39, 0.29) is 5.57 Å². The number of nitrogens with zero attached hydrogens (tertiary/aromatic N) is 3. The Hall–Kier alpha value is -3.30. The molecule has 3 nitrogen and oxygen atoms in total. The fraction of sp³-hybridized carbons (Fsp3) is 0.100. The zero-order chi connectivity index (χ0) is 16.7. The smallest absolute Gasteiger partial charge is 0.137 e. The first-order valence-electron chi connectivity index (χ1n) is 7.21. The Morgan fingerprint density at radius 1 is 0.913 bits per heavy atom. The molecule has 112 valence electrons. The van der Waals surface area contributed by atoms with Gasteiger partial charge in [-0.1, -0.05) is 54.6 Å². The Balaban J connectivity index is 2.44. The number of nitriles is 2. The van der Waals surface area contributed by atoms with E-state index in [4.69, 9.17) is 0 Å². The summed E-state index contributed by atoms with van der Waals surface area (Å²) in [5.41, 5.74) is 3.67. The monoisotopic (exact) mass is 299 g/mol. The van der Waals surface area contributed by atoms with Gasteiger partial charge in [-0.3, -0.25) is 0 Å². The molecule has 0 fully saturated rings. The van der Waals surface area contributed by atoms with Crippen LogP contribution in [0.3, 0.4) is 0 Å². The molecule has 0 bridgehead atoms. The van der Waals surface area contributed by atoms with Crippen molar-refractivity contribution in [3.05, 3.63) is 77.4 Å². The number of anilines is 1. The summed E-state index contributed by atoms with van der Waals surface area (Å²) in [5.74, 6) is 0. The second kappa shape index (κ2) is 7.64. The lowest BCUT2D eigenvalue weighted by Crippen LogP contribution is -2.08. The molecule has 0 amide bonds. The van der Waals surface area contributed by atoms with E-state index in [2.05, 4.69) is 0 Å². The van der Waals surface area contributed by atoms with Crippen LogP contribution in [-0.4, -0.2) is 14.1 Å². The van der Waals surface area contributed by atoms with Gasteiger partial charge in [0.1, 0.15) is 17.7 Å². The Labute approximate surface area is 137 Å². The fourth-order valence-electron chi connectivity index (χ4n) is 2.15. The fourth-order valence-corrected chi connectivity index (χ4v) is 2.15. The van der Waals surface area contributed by atoms with Gasteiger partial charge < -0.3 is 4.90 Å². The zero-order valence-corrected chi connectivity index (χ0v) is 13.2. The summed E-state index contributed by atoms with van der Waals surface area (Å²) < 4.78 is 0. The van der Waals surface area contributed by atoms with Crippen molar-refractivity contribution in [2.75, 3.05) is 19.0 Å². The van der Waals surface area contributed by atoms with Crippen LogP contribution in [0.25, 0.3) is 11.6 Å². The molecule has 0 heterocycles. The lowest BCUT2D eigenvalue weighted by atomic mass is 9.99. The highest BCUT2D eigenvalue weighted by Gasteiger charge is 2.07. The molecule has 0 saturated heterocycles. The molecule has 23 heavy (non-hydrogen) atoms. The minimum Gasteiger partial charge on any atom is -0.378 e. The van der Waals surface area contributed by atoms with Gasteiger partial charge in [-0.05, 0) is 23.3 Å². The molecular formula is C20H17N3. The lowest BCUT2D eigenvalue weighted by Gasteiger charge is -2.13. The highest BCUT2D eigenvalue weighted by Crippen LogP contribution is 2.23. The second-order valence-electron chi connectivity index (χ2n) is 5.20. The molecule has 0 aliphatic heterocycles. The van der Waals surface area contributed by atoms with Crippen molar-refractivity contribution in [1.82, 2.24) is 0 Å². The van der Waals surface area contributed by atoms with Gasteiger partial charge >= 0.3 is 0 Å². The van der Waals surface area contributed by atoms with Crippen molar-refractivity contribution in [3.8, 4) is 12.1 Å². The summed E-state index contributed by atoms with van der Waals surface area (Å²) in [4.78, 5) is 2.00. The predicted molar refractivity (Wildman–Crippen MR) is 94.4 cm³/mol. The molecular weight excluding hydrogens is 282 g/mol. The van der Waals surface area contributed by atoms with Crippen LogP contribution >= 0.6 is 0 Å². The van der Waals surface area contributed by atoms with Crippen molar-refractivity contribution >= 4 is 17.3 Å². The summed E-state index contributed by atoms with van der Waals surface area (Å²) in [6.45, 7) is 0. The Morgan fingerprint density at radius 3 is 2.04 bits per heavy atom. The molecule has 0 N–H and O–H groups in total. The Kier molecular flexibility index (Phi) is 5.34. The molecule has 2 aromatic rings. The minimum atomic E-state index is 0.106. The third-order valence-electron chi connectivity index (χ3n) is 3.43. The van der Waals surface area contributed by atoms with Crippen LogP contribution < -0.4 is 4.90 Å². The maximum atomic E-state index is 9.23. The summed E-state index contributed by atoms with van der Waals surface area (Å²) in [6, 6.07) is 21.5. The standard InChI is InChI=1S/C20H17N3/c1-23(2)19-11-9-17(10-12-19)20(18(14-21)15-22)13-8-16-6-4-3-5-7-16/h3-13H,1-2H3/b13-8+. The van der Waals surface area contributed by atoms with E-state index in [0.29, 0.717) is 5.57 Å². The Morgan fingerprint density at radius 2 is 1.52 bits per heavy atom. The highest BCUT2D eigenvalue weighted by molar-refractivity contribution is 5.85. The summed E-state index contributed by atoms with van der Waals surface area (Å²) >= 11 is 0. The van der Waals surface area contributed by atoms with E-state index in [1.165, 1.54) is 0 Å². The van der Waals surface area contributed by atoms with Gasteiger partial charge in [0.25, 0.3) is 0 Å². The Bertz CT molecular complexity index is 783. The SMILES string of the molecule is CN(C)c1ccc(C(/C=C/c2ccccc2)=C(C#N)C#N)cc1. The zero-order valence-electron chi connectivity index (χ0n) is 13.2. The molecule has 0 spiro atoms. The molecule has 2 aromatic carbocycles. The van der Waals surface area contributed by atoms with Crippen molar-refractivity contribution in [3.63, 3.8) is 0 Å². The van der Waals surface area contributed by atoms with Crippen molar-refractivity contribution in [2.45, 2.75) is 0 Å². The number of hydrogen-bond acceptors (Lipinski definition) is 3. The molecule has 0 radical (unpaired) electrons. The summed E-state index contributed by atoms with van der Waals surface area (Å²) in [7, 11) is 3.94. The minimum absolute atomic E-state index is 0.106. The normalized spacial score (nSPS) is 9.91. The van der Waals surface area contributed by atoms with Gasteiger partial charge in [0.05, 0.1) is 0 Å². The largest absolute Gasteiger partial charge is 0.378 e. The molecule has 0 unspecified atom stereocenters. The molecule has 0 aliphatic rings. The number of rotatable bonds is 4. The summed E-state index contributed by atoms with van der Waals surface area (Å²) in [6.07, 6.45) is 3.73. The molecule has 0 atom stereocenters. The topological polar surface area (TPSA) is 50.8 Å². The van der Waals surface area contributed by atoms with Crippen LogP contribution in [0.2, 0.25) is 0 Å². The van der Waals surface area contributed by atoms with E-state index in [1.807, 2.05) is 97.9 Å². The van der Waals surface area contributed by atoms with Crippen molar-refractivity contribution in [2.24, 2.45) is 0 Å². The van der Waals surface area contributed by atoms with E-state index in [1.54, 1.807) is 0 Å². The van der Waals surface area contributed by atoms with Gasteiger partial charge in [-0.2, -0.15) is 10.5 Å². The van der Waals surface area contributed by atoms with Gasteiger partial charge in [0.15, 0.2) is 0 Å². The van der Waals surface area contributed by atoms with Crippen LogP contribution in [-0.2, 0) is 0 Å². The molecule has 2 rings (SSSR count). The van der Waals surface area contributed by atoms with Crippen LogP contribution in [0, 0.1) is 22.7 Å². The van der Waals surface area contributed by atoms with Gasteiger partial charge in [-0.15, -0.1) is 0 Å². The van der Waals surface area contributed by atoms with Gasteiger partial charge in [0.2, 0.25) is 0 Å². The van der Waals surface area contributed by atoms with E-state index in [9.17, 15) is 10.5 Å². The van der Waals surface area contributed by atoms with E-state index in [0.717, 1.165) is 16.8 Å². The van der Waals surface area contributed by atoms with E-state index < -0.39 is 0 Å². The average Bonchev–Trinajstić information content (AvgIpc) is 2.59. The first kappa shape index (κ1) is 16.1. The molecule has 0 saturated carbocycles. The number of benzene rings is 2. The third kappa shape index (κ3) is 4.09.